The lowest BCUT2D eigenvalue weighted by Gasteiger charge is -2.32. The summed E-state index contributed by atoms with van der Waals surface area (Å²) in [7, 11) is 0. The van der Waals surface area contributed by atoms with E-state index in [1.54, 1.807) is 0 Å². The molecule has 1 aromatic heterocycles. The largest absolute Gasteiger partial charge is 0.382 e. The van der Waals surface area contributed by atoms with Gasteiger partial charge in [-0.15, -0.1) is 0 Å². The monoisotopic (exact) mass is 225 g/mol. The van der Waals surface area contributed by atoms with Crippen molar-refractivity contribution < 1.29 is 0 Å². The zero-order chi connectivity index (χ0) is 11.5. The molecule has 0 amide bonds. The fraction of sp³-hybridized carbons (Fsp3) is 0.214. The number of nitrogens with one attached hydrogen (secondary N) is 1. The van der Waals surface area contributed by atoms with E-state index in [-0.39, 0.29) is 0 Å². The molecule has 0 bridgehead atoms. The van der Waals surface area contributed by atoms with Gasteiger partial charge >= 0.3 is 0 Å². The summed E-state index contributed by atoms with van der Waals surface area (Å²) in [5.41, 5.74) is 3.82. The summed E-state index contributed by atoms with van der Waals surface area (Å²) in [6.45, 7) is 2.99. The second-order valence-corrected chi connectivity index (χ2v) is 4.22. The van der Waals surface area contributed by atoms with Crippen LogP contribution in [0.4, 0.5) is 11.4 Å². The Balaban J connectivity index is 1.86. The molecule has 3 heteroatoms. The second-order valence-electron chi connectivity index (χ2n) is 4.22. The fourth-order valence-corrected chi connectivity index (χ4v) is 2.22. The number of rotatable bonds is 2. The number of hydrogen-bond donors (Lipinski definition) is 1. The summed E-state index contributed by atoms with van der Waals surface area (Å²) in [6, 6.07) is 12.6. The minimum Gasteiger partial charge on any atom is -0.382 e. The number of hydrogen-bond acceptors (Lipinski definition) is 3. The average molecular weight is 225 g/mol. The Hall–Kier alpha value is -2.03. The van der Waals surface area contributed by atoms with E-state index in [0.717, 1.165) is 19.6 Å². The Morgan fingerprint density at radius 1 is 1.12 bits per heavy atom. The van der Waals surface area contributed by atoms with Gasteiger partial charge in [0.2, 0.25) is 0 Å². The quantitative estimate of drug-likeness (QED) is 0.851. The van der Waals surface area contributed by atoms with Crippen LogP contribution in [0, 0.1) is 0 Å². The van der Waals surface area contributed by atoms with E-state index in [4.69, 9.17) is 0 Å². The SMILES string of the molecule is c1ccc2c(c1)NCCN2Cc1ccncc1. The predicted molar refractivity (Wildman–Crippen MR) is 70.2 cm³/mol. The van der Waals surface area contributed by atoms with Gasteiger partial charge in [-0.25, -0.2) is 0 Å². The number of pyridine rings is 1. The van der Waals surface area contributed by atoms with Crippen LogP contribution in [-0.2, 0) is 6.54 Å². The molecule has 0 saturated heterocycles. The summed E-state index contributed by atoms with van der Waals surface area (Å²) >= 11 is 0. The highest BCUT2D eigenvalue weighted by Crippen LogP contribution is 2.29. The molecular weight excluding hydrogens is 210 g/mol. The minimum absolute atomic E-state index is 0.946. The highest BCUT2D eigenvalue weighted by molar-refractivity contribution is 5.71. The zero-order valence-corrected chi connectivity index (χ0v) is 9.63. The molecule has 1 N–H and O–H groups in total. The highest BCUT2D eigenvalue weighted by Gasteiger charge is 2.15. The van der Waals surface area contributed by atoms with E-state index < -0.39 is 0 Å². The highest BCUT2D eigenvalue weighted by atomic mass is 15.2. The molecule has 0 atom stereocenters. The first kappa shape index (κ1) is 10.1. The van der Waals surface area contributed by atoms with Crippen LogP contribution in [0.2, 0.25) is 0 Å². The summed E-state index contributed by atoms with van der Waals surface area (Å²) < 4.78 is 0. The maximum atomic E-state index is 4.05. The van der Waals surface area contributed by atoms with Crippen molar-refractivity contribution in [1.82, 2.24) is 4.98 Å². The fourth-order valence-electron chi connectivity index (χ4n) is 2.22. The Kier molecular flexibility index (Phi) is 2.66. The molecule has 3 nitrogen and oxygen atoms in total. The molecule has 0 aliphatic carbocycles. The van der Waals surface area contributed by atoms with Gasteiger partial charge in [-0.05, 0) is 29.8 Å². The number of nitrogens with zero attached hydrogens (tertiary/aromatic N) is 2. The van der Waals surface area contributed by atoms with Gasteiger partial charge in [0.25, 0.3) is 0 Å². The first-order valence-electron chi connectivity index (χ1n) is 5.90. The van der Waals surface area contributed by atoms with E-state index in [9.17, 15) is 0 Å². The van der Waals surface area contributed by atoms with Gasteiger partial charge in [0.05, 0.1) is 11.4 Å². The maximum absolute atomic E-state index is 4.05. The third-order valence-electron chi connectivity index (χ3n) is 3.06. The Morgan fingerprint density at radius 2 is 1.94 bits per heavy atom. The van der Waals surface area contributed by atoms with Gasteiger partial charge in [0.1, 0.15) is 0 Å². The van der Waals surface area contributed by atoms with Crippen molar-refractivity contribution in [1.29, 1.82) is 0 Å². The van der Waals surface area contributed by atoms with Gasteiger partial charge in [0.15, 0.2) is 0 Å². The molecule has 2 heterocycles. The molecule has 0 radical (unpaired) electrons. The summed E-state index contributed by atoms with van der Waals surface area (Å²) in [6.07, 6.45) is 3.70. The molecule has 0 fully saturated rings. The molecule has 0 saturated carbocycles. The van der Waals surface area contributed by atoms with E-state index in [0.29, 0.717) is 0 Å². The topological polar surface area (TPSA) is 28.2 Å². The second kappa shape index (κ2) is 4.45. The molecule has 1 aliphatic heterocycles. The zero-order valence-electron chi connectivity index (χ0n) is 9.63. The number of para-hydroxylation sites is 2. The van der Waals surface area contributed by atoms with E-state index >= 15 is 0 Å². The molecule has 2 aromatic rings. The summed E-state index contributed by atoms with van der Waals surface area (Å²) in [5.74, 6) is 0. The summed E-state index contributed by atoms with van der Waals surface area (Å²) in [4.78, 5) is 6.46. The third kappa shape index (κ3) is 2.09. The lowest BCUT2D eigenvalue weighted by molar-refractivity contribution is 0.786. The van der Waals surface area contributed by atoms with Crippen LogP contribution < -0.4 is 10.2 Å². The standard InChI is InChI=1S/C14H15N3/c1-2-4-14-13(3-1)16-9-10-17(14)11-12-5-7-15-8-6-12/h1-8,16H,9-11H2. The normalized spacial score (nSPS) is 14.0. The number of aromatic nitrogens is 1. The van der Waals surface area contributed by atoms with Crippen molar-refractivity contribution in [3.05, 3.63) is 54.4 Å². The van der Waals surface area contributed by atoms with Crippen LogP contribution in [0.25, 0.3) is 0 Å². The van der Waals surface area contributed by atoms with Gasteiger partial charge in [-0.1, -0.05) is 12.1 Å². The van der Waals surface area contributed by atoms with Crippen molar-refractivity contribution in [2.24, 2.45) is 0 Å². The third-order valence-corrected chi connectivity index (χ3v) is 3.06. The van der Waals surface area contributed by atoms with Gasteiger partial charge in [-0.3, -0.25) is 4.98 Å². The van der Waals surface area contributed by atoms with Gasteiger partial charge in [0, 0.05) is 32.0 Å². The van der Waals surface area contributed by atoms with E-state index in [1.165, 1.54) is 16.9 Å². The first-order valence-corrected chi connectivity index (χ1v) is 5.90. The molecule has 0 spiro atoms. The molecule has 0 unspecified atom stereocenters. The number of benzene rings is 1. The average Bonchev–Trinajstić information content (AvgIpc) is 2.40. The lowest BCUT2D eigenvalue weighted by atomic mass is 10.1. The van der Waals surface area contributed by atoms with Crippen molar-refractivity contribution in [3.8, 4) is 0 Å². The minimum atomic E-state index is 0.946. The molecule has 86 valence electrons. The Labute approximate surface area is 101 Å². The number of anilines is 2. The van der Waals surface area contributed by atoms with Crippen molar-refractivity contribution in [2.45, 2.75) is 6.54 Å². The smallest absolute Gasteiger partial charge is 0.0605 e. The Morgan fingerprint density at radius 3 is 2.82 bits per heavy atom. The summed E-state index contributed by atoms with van der Waals surface area (Å²) in [5, 5.41) is 3.42. The maximum Gasteiger partial charge on any atom is 0.0605 e. The lowest BCUT2D eigenvalue weighted by Crippen LogP contribution is -2.33. The van der Waals surface area contributed by atoms with E-state index in [2.05, 4.69) is 51.6 Å². The molecule has 1 aromatic carbocycles. The van der Waals surface area contributed by atoms with Crippen molar-refractivity contribution >= 4 is 11.4 Å². The van der Waals surface area contributed by atoms with Crippen molar-refractivity contribution in [3.63, 3.8) is 0 Å². The van der Waals surface area contributed by atoms with Crippen LogP contribution in [0.3, 0.4) is 0 Å². The number of fused-ring (bicyclic) bond motifs is 1. The van der Waals surface area contributed by atoms with Crippen LogP contribution >= 0.6 is 0 Å². The predicted octanol–water partition coefficient (Wildman–Crippen LogP) is 2.51. The van der Waals surface area contributed by atoms with Gasteiger partial charge < -0.3 is 10.2 Å². The van der Waals surface area contributed by atoms with Crippen molar-refractivity contribution in [2.75, 3.05) is 23.3 Å². The van der Waals surface area contributed by atoms with Crippen LogP contribution in [0.1, 0.15) is 5.56 Å². The van der Waals surface area contributed by atoms with E-state index in [1.807, 2.05) is 12.4 Å². The van der Waals surface area contributed by atoms with Crippen LogP contribution in [-0.4, -0.2) is 18.1 Å². The van der Waals surface area contributed by atoms with Crippen LogP contribution in [0.5, 0.6) is 0 Å². The van der Waals surface area contributed by atoms with Gasteiger partial charge in [-0.2, -0.15) is 0 Å². The Bertz CT molecular complexity index is 496. The molecular formula is C14H15N3. The molecule has 3 rings (SSSR count). The van der Waals surface area contributed by atoms with Crippen LogP contribution in [0.15, 0.2) is 48.8 Å². The molecule has 1 aliphatic rings. The first-order chi connectivity index (χ1) is 8.43. The molecule has 17 heavy (non-hydrogen) atoms.